The van der Waals surface area contributed by atoms with Gasteiger partial charge < -0.3 is 9.84 Å². The van der Waals surface area contributed by atoms with Crippen molar-refractivity contribution in [3.63, 3.8) is 0 Å². The minimum absolute atomic E-state index is 0.0408. The molecule has 0 bridgehead atoms. The summed E-state index contributed by atoms with van der Waals surface area (Å²) in [7, 11) is 0. The number of ketones is 1. The quantitative estimate of drug-likeness (QED) is 0.630. The molecule has 72 valence electrons. The predicted octanol–water partition coefficient (Wildman–Crippen LogP) is 0.0556. The summed E-state index contributed by atoms with van der Waals surface area (Å²) in [6.07, 6.45) is 1.82. The summed E-state index contributed by atoms with van der Waals surface area (Å²) in [5.41, 5.74) is 0. The van der Waals surface area contributed by atoms with Crippen molar-refractivity contribution in [2.24, 2.45) is 5.92 Å². The Labute approximate surface area is 76.2 Å². The van der Waals surface area contributed by atoms with E-state index in [-0.39, 0.29) is 12.2 Å². The van der Waals surface area contributed by atoms with Gasteiger partial charge in [-0.3, -0.25) is 9.59 Å². The van der Waals surface area contributed by atoms with Crippen LogP contribution in [-0.2, 0) is 14.3 Å². The number of ether oxygens (including phenoxy) is 1. The van der Waals surface area contributed by atoms with E-state index >= 15 is 0 Å². The largest absolute Gasteiger partial charge is 0.466 e. The Hall–Kier alpha value is -1.16. The summed E-state index contributed by atoms with van der Waals surface area (Å²) >= 11 is 0. The molecule has 0 heterocycles. The van der Waals surface area contributed by atoms with Gasteiger partial charge in [-0.15, -0.1) is 0 Å². The van der Waals surface area contributed by atoms with Gasteiger partial charge in [0, 0.05) is 0 Å². The summed E-state index contributed by atoms with van der Waals surface area (Å²) in [6.45, 7) is 1.99. The SMILES string of the molecule is CCOC(=O)CC1C(=O)C=CC1O. The molecule has 0 spiro atoms. The smallest absolute Gasteiger partial charge is 0.306 e. The standard InChI is InChI=1S/C9H12O4/c1-2-13-9(12)5-6-7(10)3-4-8(6)11/h3-4,6-7,10H,2,5H2,1H3. The van der Waals surface area contributed by atoms with Gasteiger partial charge in [-0.25, -0.2) is 0 Å². The van der Waals surface area contributed by atoms with E-state index in [4.69, 9.17) is 0 Å². The fourth-order valence-corrected chi connectivity index (χ4v) is 1.24. The van der Waals surface area contributed by atoms with Crippen LogP contribution in [0.25, 0.3) is 0 Å². The average Bonchev–Trinajstić information content (AvgIpc) is 2.36. The minimum atomic E-state index is -0.836. The molecular formula is C9H12O4. The first-order chi connectivity index (χ1) is 6.15. The summed E-state index contributed by atoms with van der Waals surface area (Å²) in [5.74, 6) is -1.29. The number of hydrogen-bond donors (Lipinski definition) is 1. The molecule has 13 heavy (non-hydrogen) atoms. The first kappa shape index (κ1) is 9.92. The minimum Gasteiger partial charge on any atom is -0.466 e. The van der Waals surface area contributed by atoms with Crippen LogP contribution in [0.4, 0.5) is 0 Å². The van der Waals surface area contributed by atoms with Crippen LogP contribution in [0.5, 0.6) is 0 Å². The number of esters is 1. The van der Waals surface area contributed by atoms with E-state index in [2.05, 4.69) is 4.74 Å². The molecule has 1 rings (SSSR count). The van der Waals surface area contributed by atoms with Gasteiger partial charge in [0.1, 0.15) is 0 Å². The highest BCUT2D eigenvalue weighted by atomic mass is 16.5. The number of carbonyl (C=O) groups is 2. The molecular weight excluding hydrogens is 172 g/mol. The van der Waals surface area contributed by atoms with Crippen LogP contribution in [0.15, 0.2) is 12.2 Å². The Morgan fingerprint density at radius 3 is 2.85 bits per heavy atom. The van der Waals surface area contributed by atoms with Crippen LogP contribution in [0.3, 0.4) is 0 Å². The average molecular weight is 184 g/mol. The van der Waals surface area contributed by atoms with Crippen LogP contribution in [-0.4, -0.2) is 29.6 Å². The molecule has 1 N–H and O–H groups in total. The Kier molecular flexibility index (Phi) is 3.19. The Balaban J connectivity index is 2.45. The normalized spacial score (nSPS) is 26.5. The number of aliphatic hydroxyl groups excluding tert-OH is 1. The van der Waals surface area contributed by atoms with E-state index in [0.29, 0.717) is 6.61 Å². The lowest BCUT2D eigenvalue weighted by molar-refractivity contribution is -0.146. The third kappa shape index (κ3) is 2.39. The zero-order chi connectivity index (χ0) is 9.84. The van der Waals surface area contributed by atoms with Gasteiger partial charge >= 0.3 is 5.97 Å². The molecule has 0 aromatic rings. The third-order valence-electron chi connectivity index (χ3n) is 1.93. The van der Waals surface area contributed by atoms with Gasteiger partial charge in [0.05, 0.1) is 25.0 Å². The van der Waals surface area contributed by atoms with Gasteiger partial charge in [-0.2, -0.15) is 0 Å². The van der Waals surface area contributed by atoms with Gasteiger partial charge in [0.15, 0.2) is 5.78 Å². The molecule has 0 saturated heterocycles. The lowest BCUT2D eigenvalue weighted by Crippen LogP contribution is -2.24. The van der Waals surface area contributed by atoms with E-state index in [0.717, 1.165) is 0 Å². The van der Waals surface area contributed by atoms with Gasteiger partial charge in [-0.05, 0) is 13.0 Å². The number of allylic oxidation sites excluding steroid dienone is 1. The molecule has 2 unspecified atom stereocenters. The maximum absolute atomic E-state index is 11.1. The van der Waals surface area contributed by atoms with Crippen LogP contribution in [0.2, 0.25) is 0 Å². The predicted molar refractivity (Wildman–Crippen MR) is 44.9 cm³/mol. The van der Waals surface area contributed by atoms with E-state index in [9.17, 15) is 14.7 Å². The molecule has 0 saturated carbocycles. The van der Waals surface area contributed by atoms with Crippen molar-refractivity contribution in [2.45, 2.75) is 19.4 Å². The van der Waals surface area contributed by atoms with Crippen LogP contribution in [0, 0.1) is 5.92 Å². The summed E-state index contributed by atoms with van der Waals surface area (Å²) in [6, 6.07) is 0. The molecule has 4 heteroatoms. The number of hydrogen-bond acceptors (Lipinski definition) is 4. The molecule has 2 atom stereocenters. The molecule has 0 aromatic carbocycles. The maximum Gasteiger partial charge on any atom is 0.306 e. The molecule has 0 aromatic heterocycles. The van der Waals surface area contributed by atoms with E-state index in [1.165, 1.54) is 12.2 Å². The second-order valence-electron chi connectivity index (χ2n) is 2.87. The molecule has 0 radical (unpaired) electrons. The second kappa shape index (κ2) is 4.18. The maximum atomic E-state index is 11.1. The molecule has 0 aliphatic heterocycles. The Morgan fingerprint density at radius 1 is 1.69 bits per heavy atom. The van der Waals surface area contributed by atoms with Crippen molar-refractivity contribution in [1.82, 2.24) is 0 Å². The lowest BCUT2D eigenvalue weighted by Gasteiger charge is -2.11. The third-order valence-corrected chi connectivity index (χ3v) is 1.93. The molecule has 0 fully saturated rings. The van der Waals surface area contributed by atoms with Gasteiger partial charge in [-0.1, -0.05) is 6.08 Å². The van der Waals surface area contributed by atoms with Crippen molar-refractivity contribution >= 4 is 11.8 Å². The first-order valence-electron chi connectivity index (χ1n) is 4.21. The first-order valence-corrected chi connectivity index (χ1v) is 4.21. The van der Waals surface area contributed by atoms with Crippen LogP contribution >= 0.6 is 0 Å². The monoisotopic (exact) mass is 184 g/mol. The number of aliphatic hydroxyl groups is 1. The van der Waals surface area contributed by atoms with Crippen molar-refractivity contribution in [2.75, 3.05) is 6.61 Å². The summed E-state index contributed by atoms with van der Waals surface area (Å²) in [4.78, 5) is 22.0. The Morgan fingerprint density at radius 2 is 2.38 bits per heavy atom. The number of rotatable bonds is 3. The zero-order valence-corrected chi connectivity index (χ0v) is 7.40. The van der Waals surface area contributed by atoms with Gasteiger partial charge in [0.2, 0.25) is 0 Å². The highest BCUT2D eigenvalue weighted by molar-refractivity contribution is 5.97. The zero-order valence-electron chi connectivity index (χ0n) is 7.40. The van der Waals surface area contributed by atoms with E-state index < -0.39 is 18.0 Å². The highest BCUT2D eigenvalue weighted by Crippen LogP contribution is 2.19. The van der Waals surface area contributed by atoms with Crippen molar-refractivity contribution < 1.29 is 19.4 Å². The lowest BCUT2D eigenvalue weighted by atomic mass is 10.00. The van der Waals surface area contributed by atoms with Crippen molar-refractivity contribution in [3.8, 4) is 0 Å². The van der Waals surface area contributed by atoms with E-state index in [1.54, 1.807) is 6.92 Å². The fourth-order valence-electron chi connectivity index (χ4n) is 1.24. The van der Waals surface area contributed by atoms with Crippen LogP contribution < -0.4 is 0 Å². The van der Waals surface area contributed by atoms with Crippen molar-refractivity contribution in [1.29, 1.82) is 0 Å². The molecule has 1 aliphatic carbocycles. The van der Waals surface area contributed by atoms with Crippen LogP contribution in [0.1, 0.15) is 13.3 Å². The number of carbonyl (C=O) groups excluding carboxylic acids is 2. The fraction of sp³-hybridized carbons (Fsp3) is 0.556. The topological polar surface area (TPSA) is 63.6 Å². The van der Waals surface area contributed by atoms with E-state index in [1.807, 2.05) is 0 Å². The highest BCUT2D eigenvalue weighted by Gasteiger charge is 2.30. The molecule has 1 aliphatic rings. The van der Waals surface area contributed by atoms with Gasteiger partial charge in [0.25, 0.3) is 0 Å². The summed E-state index contributed by atoms with van der Waals surface area (Å²) < 4.78 is 4.67. The second-order valence-corrected chi connectivity index (χ2v) is 2.87. The Bertz CT molecular complexity index is 244. The summed E-state index contributed by atoms with van der Waals surface area (Å²) in [5, 5.41) is 9.26. The van der Waals surface area contributed by atoms with Crippen molar-refractivity contribution in [3.05, 3.63) is 12.2 Å². The molecule has 4 nitrogen and oxygen atoms in total. The molecule has 0 amide bonds.